The predicted molar refractivity (Wildman–Crippen MR) is 65.6 cm³/mol. The Hall–Kier alpha value is -2.38. The minimum Gasteiger partial charge on any atom is -0.437 e. The number of aryl methyl sites for hydroxylation is 1. The molecule has 0 atom stereocenters. The number of anilines is 1. The lowest BCUT2D eigenvalue weighted by Crippen LogP contribution is -2.12. The minimum atomic E-state index is -4.64. The van der Waals surface area contributed by atoms with Crippen molar-refractivity contribution >= 4 is 5.82 Å². The summed E-state index contributed by atoms with van der Waals surface area (Å²) in [4.78, 5) is 10.7. The van der Waals surface area contributed by atoms with E-state index in [2.05, 4.69) is 20.3 Å². The van der Waals surface area contributed by atoms with Crippen LogP contribution in [0.15, 0.2) is 24.4 Å². The van der Waals surface area contributed by atoms with Gasteiger partial charge in [-0.2, -0.15) is 18.2 Å². The third-order valence-corrected chi connectivity index (χ3v) is 2.32. The summed E-state index contributed by atoms with van der Waals surface area (Å²) < 4.78 is 43.2. The zero-order valence-corrected chi connectivity index (χ0v) is 10.7. The van der Waals surface area contributed by atoms with Crippen LogP contribution in [0.2, 0.25) is 0 Å². The summed E-state index contributed by atoms with van der Waals surface area (Å²) in [5, 5.41) is 2.53. The fraction of sp³-hybridized carbons (Fsp3) is 0.250. The summed E-state index contributed by atoms with van der Waals surface area (Å²) >= 11 is 0. The molecule has 0 aromatic carbocycles. The number of ether oxygens (including phenoxy) is 1. The Bertz CT molecular complexity index is 599. The Labute approximate surface area is 112 Å². The number of hydrogen-bond acceptors (Lipinski definition) is 5. The van der Waals surface area contributed by atoms with E-state index in [-0.39, 0.29) is 11.7 Å². The minimum absolute atomic E-state index is 0.0161. The van der Waals surface area contributed by atoms with Crippen molar-refractivity contribution in [2.45, 2.75) is 13.1 Å². The molecule has 0 bridgehead atoms. The lowest BCUT2D eigenvalue weighted by atomic mass is 10.4. The highest BCUT2D eigenvalue weighted by Crippen LogP contribution is 2.30. The fourth-order valence-electron chi connectivity index (χ4n) is 1.37. The number of pyridine rings is 1. The van der Waals surface area contributed by atoms with Gasteiger partial charge in [-0.15, -0.1) is 0 Å². The molecule has 0 saturated heterocycles. The second-order valence-corrected chi connectivity index (χ2v) is 3.90. The monoisotopic (exact) mass is 284 g/mol. The van der Waals surface area contributed by atoms with Gasteiger partial charge in [-0.25, -0.2) is 4.98 Å². The first-order valence-electron chi connectivity index (χ1n) is 5.63. The molecule has 2 aromatic heterocycles. The van der Waals surface area contributed by atoms with Crippen LogP contribution in [0.4, 0.5) is 19.0 Å². The van der Waals surface area contributed by atoms with Crippen molar-refractivity contribution in [3.63, 3.8) is 0 Å². The van der Waals surface area contributed by atoms with Gasteiger partial charge < -0.3 is 10.1 Å². The van der Waals surface area contributed by atoms with Gasteiger partial charge in [0.05, 0.1) is 6.20 Å². The highest BCUT2D eigenvalue weighted by Gasteiger charge is 2.35. The van der Waals surface area contributed by atoms with Gasteiger partial charge in [0.1, 0.15) is 11.6 Å². The predicted octanol–water partition coefficient (Wildman–Crippen LogP) is 3.03. The molecule has 0 aliphatic carbocycles. The van der Waals surface area contributed by atoms with Crippen LogP contribution in [-0.4, -0.2) is 22.0 Å². The van der Waals surface area contributed by atoms with Crippen molar-refractivity contribution in [2.75, 3.05) is 12.4 Å². The average Bonchev–Trinajstić information content (AvgIpc) is 2.40. The molecule has 0 radical (unpaired) electrons. The van der Waals surface area contributed by atoms with E-state index in [0.29, 0.717) is 5.75 Å². The molecule has 0 aliphatic rings. The summed E-state index contributed by atoms with van der Waals surface area (Å²) in [5.41, 5.74) is 0.770. The third kappa shape index (κ3) is 3.34. The standard InChI is InChI=1S/C12H11F3N4O/c1-7-3-4-8(6-17-7)20-10-5-9(16-2)18-11(19-10)12(13,14)15/h3-6H,1-2H3,(H,16,18,19). The second kappa shape index (κ2) is 5.32. The molecule has 2 aromatic rings. The molecule has 0 amide bonds. The van der Waals surface area contributed by atoms with Crippen LogP contribution in [-0.2, 0) is 6.18 Å². The van der Waals surface area contributed by atoms with E-state index in [9.17, 15) is 13.2 Å². The highest BCUT2D eigenvalue weighted by molar-refractivity contribution is 5.39. The molecule has 20 heavy (non-hydrogen) atoms. The number of nitrogens with zero attached hydrogens (tertiary/aromatic N) is 3. The van der Waals surface area contributed by atoms with Crippen LogP contribution >= 0.6 is 0 Å². The maximum atomic E-state index is 12.7. The van der Waals surface area contributed by atoms with Gasteiger partial charge in [-0.3, -0.25) is 4.98 Å². The van der Waals surface area contributed by atoms with E-state index in [1.165, 1.54) is 19.3 Å². The van der Waals surface area contributed by atoms with Crippen molar-refractivity contribution in [3.8, 4) is 11.6 Å². The molecular formula is C12H11F3N4O. The van der Waals surface area contributed by atoms with E-state index in [1.54, 1.807) is 19.1 Å². The summed E-state index contributed by atoms with van der Waals surface area (Å²) in [5.74, 6) is -1.16. The molecule has 0 spiro atoms. The molecule has 0 saturated carbocycles. The van der Waals surface area contributed by atoms with Crippen molar-refractivity contribution in [3.05, 3.63) is 35.9 Å². The van der Waals surface area contributed by atoms with Crippen LogP contribution < -0.4 is 10.1 Å². The van der Waals surface area contributed by atoms with Crippen LogP contribution in [0.1, 0.15) is 11.5 Å². The first-order chi connectivity index (χ1) is 9.38. The van der Waals surface area contributed by atoms with E-state index < -0.39 is 12.0 Å². The normalized spacial score (nSPS) is 11.2. The Balaban J connectivity index is 2.33. The number of nitrogens with one attached hydrogen (secondary N) is 1. The first-order valence-corrected chi connectivity index (χ1v) is 5.63. The molecule has 106 valence electrons. The van der Waals surface area contributed by atoms with Crippen molar-refractivity contribution in [2.24, 2.45) is 0 Å². The molecule has 0 aliphatic heterocycles. The van der Waals surface area contributed by atoms with Crippen molar-refractivity contribution < 1.29 is 17.9 Å². The quantitative estimate of drug-likeness (QED) is 0.938. The van der Waals surface area contributed by atoms with Gasteiger partial charge in [0, 0.05) is 18.8 Å². The number of aromatic nitrogens is 3. The number of halogens is 3. The zero-order chi connectivity index (χ0) is 14.8. The van der Waals surface area contributed by atoms with Gasteiger partial charge >= 0.3 is 6.18 Å². The summed E-state index contributed by atoms with van der Waals surface area (Å²) in [6, 6.07) is 4.55. The summed E-state index contributed by atoms with van der Waals surface area (Å²) in [6.07, 6.45) is -3.24. The van der Waals surface area contributed by atoms with Gasteiger partial charge in [-0.1, -0.05) is 0 Å². The lowest BCUT2D eigenvalue weighted by Gasteiger charge is -2.10. The van der Waals surface area contributed by atoms with Gasteiger partial charge in [0.15, 0.2) is 0 Å². The molecule has 2 heterocycles. The highest BCUT2D eigenvalue weighted by atomic mass is 19.4. The summed E-state index contributed by atoms with van der Waals surface area (Å²) in [6.45, 7) is 1.79. The lowest BCUT2D eigenvalue weighted by molar-refractivity contribution is -0.145. The maximum Gasteiger partial charge on any atom is 0.451 e. The fourth-order valence-corrected chi connectivity index (χ4v) is 1.37. The van der Waals surface area contributed by atoms with E-state index in [0.717, 1.165) is 5.69 Å². The largest absolute Gasteiger partial charge is 0.451 e. The SMILES string of the molecule is CNc1cc(Oc2ccc(C)nc2)nc(C(F)(F)F)n1. The van der Waals surface area contributed by atoms with Crippen molar-refractivity contribution in [1.29, 1.82) is 0 Å². The topological polar surface area (TPSA) is 59.9 Å². The Morgan fingerprint density at radius 1 is 1.20 bits per heavy atom. The second-order valence-electron chi connectivity index (χ2n) is 3.90. The average molecular weight is 284 g/mol. The van der Waals surface area contributed by atoms with Gasteiger partial charge in [0.25, 0.3) is 0 Å². The molecule has 1 N–H and O–H groups in total. The van der Waals surface area contributed by atoms with E-state index in [1.807, 2.05) is 0 Å². The molecular weight excluding hydrogens is 273 g/mol. The van der Waals surface area contributed by atoms with E-state index in [4.69, 9.17) is 4.74 Å². The summed E-state index contributed by atoms with van der Waals surface area (Å²) in [7, 11) is 1.46. The smallest absolute Gasteiger partial charge is 0.437 e. The Morgan fingerprint density at radius 3 is 2.50 bits per heavy atom. The molecule has 2 rings (SSSR count). The molecule has 0 fully saturated rings. The Kier molecular flexibility index (Phi) is 3.73. The van der Waals surface area contributed by atoms with Crippen molar-refractivity contribution in [1.82, 2.24) is 15.0 Å². The molecule has 8 heteroatoms. The number of alkyl halides is 3. The number of rotatable bonds is 3. The Morgan fingerprint density at radius 2 is 1.95 bits per heavy atom. The van der Waals surface area contributed by atoms with Crippen LogP contribution in [0.5, 0.6) is 11.6 Å². The van der Waals surface area contributed by atoms with Gasteiger partial charge in [-0.05, 0) is 19.1 Å². The molecule has 5 nitrogen and oxygen atoms in total. The third-order valence-electron chi connectivity index (χ3n) is 2.32. The van der Waals surface area contributed by atoms with Crippen LogP contribution in [0.25, 0.3) is 0 Å². The van der Waals surface area contributed by atoms with Crippen LogP contribution in [0, 0.1) is 6.92 Å². The van der Waals surface area contributed by atoms with E-state index >= 15 is 0 Å². The zero-order valence-electron chi connectivity index (χ0n) is 10.7. The molecule has 0 unspecified atom stereocenters. The maximum absolute atomic E-state index is 12.7. The number of hydrogen-bond donors (Lipinski definition) is 1. The first kappa shape index (κ1) is 14.0. The van der Waals surface area contributed by atoms with Gasteiger partial charge in [0.2, 0.25) is 11.7 Å². The van der Waals surface area contributed by atoms with Crippen LogP contribution in [0.3, 0.4) is 0 Å².